The Morgan fingerprint density at radius 1 is 0.903 bits per heavy atom. The summed E-state index contributed by atoms with van der Waals surface area (Å²) in [5, 5.41) is 61.0. The number of benzene rings is 3. The smallest absolute Gasteiger partial charge is 0.334 e. The summed E-state index contributed by atoms with van der Waals surface area (Å²) in [5.74, 6) is 3.32. The van der Waals surface area contributed by atoms with Crippen LogP contribution in [0.4, 0.5) is 5.69 Å². The number of Topliss-reactive ketones (excluding diaryl/α,β-unsaturated/α-hetero) is 1. The Kier molecular flexibility index (Phi) is 11.8. The number of nitrogens with one attached hydrogen (secondary N) is 1. The summed E-state index contributed by atoms with van der Waals surface area (Å²) in [6.45, 7) is 1.62. The van der Waals surface area contributed by atoms with Crippen LogP contribution in [0.5, 0.6) is 11.5 Å². The minimum Gasteiger partial charge on any atom is -0.508 e. The van der Waals surface area contributed by atoms with Crippen LogP contribution in [0, 0.1) is 41.4 Å². The number of phenolic OH excluding ortho intramolecular Hbond substituents is 1. The molecule has 6 aliphatic rings. The highest BCUT2D eigenvalue weighted by molar-refractivity contribution is 5.89. The number of aliphatic hydroxyl groups excluding tert-OH is 3. The predicted molar refractivity (Wildman–Crippen MR) is 230 cm³/mol. The summed E-state index contributed by atoms with van der Waals surface area (Å²) in [4.78, 5) is 42.3. The number of fused-ring (bicyclic) bond motifs is 9. The second-order valence-electron chi connectivity index (χ2n) is 18.9. The lowest BCUT2D eigenvalue weighted by Crippen LogP contribution is -2.65. The van der Waals surface area contributed by atoms with Gasteiger partial charge in [0.05, 0.1) is 31.2 Å². The van der Waals surface area contributed by atoms with Gasteiger partial charge in [-0.3, -0.25) is 9.59 Å². The number of hydrogen-bond acceptors (Lipinski definition) is 11. The molecule has 0 spiro atoms. The van der Waals surface area contributed by atoms with E-state index in [1.165, 1.54) is 12.1 Å². The third-order valence-electron chi connectivity index (χ3n) is 14.8. The zero-order valence-corrected chi connectivity index (χ0v) is 35.2. The van der Waals surface area contributed by atoms with Gasteiger partial charge in [-0.15, -0.1) is 0 Å². The van der Waals surface area contributed by atoms with Crippen molar-refractivity contribution >= 4 is 23.4 Å². The second kappa shape index (κ2) is 17.3. The van der Waals surface area contributed by atoms with Crippen molar-refractivity contribution < 1.29 is 49.4 Å². The van der Waals surface area contributed by atoms with Crippen LogP contribution >= 0.6 is 0 Å². The maximum atomic E-state index is 15.2. The molecule has 326 valence electrons. The Balaban J connectivity index is 1.26. The third-order valence-corrected chi connectivity index (χ3v) is 14.8. The van der Waals surface area contributed by atoms with Gasteiger partial charge in [0.1, 0.15) is 29.0 Å². The standard InChI is InChI=1S/C51H57NO10/c1-28(54)26-52-38-15-31(27-53)14-35(19-38)32-9-10-33-24-49(58)61-47-25-46(57)36(22-40(33)47)23-48-51(60)43-8-3-2-7-34(43)21-41-42(45(56)12-11-44(41)51)17-30-6-4-5-29(13-30)16-39(55)20-37(18-32)50(59)62-48/h4-6,13-15,19-20,22,25,28,32-34,39,41-44,48,52-55,57,60H,2-3,7-8,11-12,16-18,21,23-24,26-27H2,1H3. The van der Waals surface area contributed by atoms with E-state index in [0.717, 1.165) is 43.2 Å². The van der Waals surface area contributed by atoms with Gasteiger partial charge in [-0.05, 0) is 115 Å². The molecule has 3 aromatic rings. The molecule has 3 aliphatic carbocycles. The van der Waals surface area contributed by atoms with Crippen LogP contribution in [-0.4, -0.2) is 73.7 Å². The Morgan fingerprint density at radius 3 is 2.50 bits per heavy atom. The summed E-state index contributed by atoms with van der Waals surface area (Å²) < 4.78 is 12.4. The predicted octanol–water partition coefficient (Wildman–Crippen LogP) is 5.95. The molecule has 0 radical (unpaired) electrons. The summed E-state index contributed by atoms with van der Waals surface area (Å²) >= 11 is 0. The monoisotopic (exact) mass is 843 g/mol. The van der Waals surface area contributed by atoms with Crippen molar-refractivity contribution in [2.24, 2.45) is 29.6 Å². The molecular formula is C51H57NO10. The van der Waals surface area contributed by atoms with Crippen LogP contribution in [0.25, 0.3) is 0 Å². The first-order chi connectivity index (χ1) is 29.9. The second-order valence-corrected chi connectivity index (χ2v) is 18.9. The number of phenols is 1. The molecule has 3 heterocycles. The van der Waals surface area contributed by atoms with Crippen LogP contribution in [0.3, 0.4) is 0 Å². The summed E-state index contributed by atoms with van der Waals surface area (Å²) in [6.07, 6.45) is 4.24. The van der Waals surface area contributed by atoms with Gasteiger partial charge in [0, 0.05) is 60.5 Å². The normalized spacial score (nSPS) is 32.3. The highest BCUT2D eigenvalue weighted by atomic mass is 16.6. The molecule has 0 amide bonds. The highest BCUT2D eigenvalue weighted by Crippen LogP contribution is 2.58. The molecule has 3 aromatic carbocycles. The van der Waals surface area contributed by atoms with Gasteiger partial charge in [-0.2, -0.15) is 0 Å². The number of carbonyl (C=O) groups is 3. The SMILES string of the molecule is CC(O)CNc1cc(CO)cc(C2C#CC3CC(=O)Oc4cc(O)c(cc43)CC3OC(=O)C(=CC(O)Cc4cccc(c4)CC4C(=O)CCC5C4CC4CCCCC4C35O)C2)c1. The maximum absolute atomic E-state index is 15.2. The van der Waals surface area contributed by atoms with E-state index in [1.807, 2.05) is 36.4 Å². The molecule has 9 rings (SSSR count). The number of aliphatic hydroxyl groups is 4. The summed E-state index contributed by atoms with van der Waals surface area (Å²) in [6, 6.07) is 16.6. The van der Waals surface area contributed by atoms with Gasteiger partial charge >= 0.3 is 11.9 Å². The van der Waals surface area contributed by atoms with Crippen molar-refractivity contribution in [2.75, 3.05) is 11.9 Å². The number of carbonyl (C=O) groups excluding carboxylic acids is 3. The molecule has 11 nitrogen and oxygen atoms in total. The molecule has 3 aliphatic heterocycles. The number of aromatic hydroxyl groups is 1. The Labute approximate surface area is 362 Å². The fraction of sp³-hybridized carbons (Fsp3) is 0.510. The molecule has 62 heavy (non-hydrogen) atoms. The number of ether oxygens (including phenoxy) is 2. The quantitative estimate of drug-likeness (QED) is 0.101. The average Bonchev–Trinajstić information content (AvgIpc) is 3.25. The minimum absolute atomic E-state index is 0.0274. The zero-order valence-electron chi connectivity index (χ0n) is 35.2. The van der Waals surface area contributed by atoms with Gasteiger partial charge in [0.2, 0.25) is 0 Å². The number of ketones is 1. The molecular weight excluding hydrogens is 787 g/mol. The molecule has 11 heteroatoms. The first-order valence-electron chi connectivity index (χ1n) is 22.5. The number of hydrogen-bond donors (Lipinski definition) is 6. The Morgan fingerprint density at radius 2 is 1.69 bits per heavy atom. The van der Waals surface area contributed by atoms with Crippen molar-refractivity contribution in [1.29, 1.82) is 0 Å². The van der Waals surface area contributed by atoms with Crippen LogP contribution in [0.2, 0.25) is 0 Å². The Hall–Kier alpha value is -4.99. The van der Waals surface area contributed by atoms with Gasteiger partial charge < -0.3 is 40.3 Å². The molecule has 3 fully saturated rings. The van der Waals surface area contributed by atoms with Crippen LogP contribution < -0.4 is 10.1 Å². The van der Waals surface area contributed by atoms with E-state index in [2.05, 4.69) is 17.2 Å². The molecule has 10 bridgehead atoms. The van der Waals surface area contributed by atoms with Gasteiger partial charge in [0.15, 0.2) is 0 Å². The zero-order chi connectivity index (χ0) is 43.3. The lowest BCUT2D eigenvalue weighted by Gasteiger charge is -2.59. The van der Waals surface area contributed by atoms with E-state index >= 15 is 4.79 Å². The molecule has 3 saturated carbocycles. The number of esters is 2. The van der Waals surface area contributed by atoms with E-state index in [9.17, 15) is 35.1 Å². The van der Waals surface area contributed by atoms with Crippen LogP contribution in [-0.2, 0) is 45.0 Å². The van der Waals surface area contributed by atoms with E-state index in [-0.39, 0.29) is 91.3 Å². The van der Waals surface area contributed by atoms with E-state index < -0.39 is 47.7 Å². The van der Waals surface area contributed by atoms with Crippen molar-refractivity contribution in [1.82, 2.24) is 0 Å². The lowest BCUT2D eigenvalue weighted by atomic mass is 9.48. The van der Waals surface area contributed by atoms with Gasteiger partial charge in [-0.1, -0.05) is 61.4 Å². The van der Waals surface area contributed by atoms with Gasteiger partial charge in [0.25, 0.3) is 0 Å². The molecule has 6 N–H and O–H groups in total. The number of anilines is 1. The molecule has 11 unspecified atom stereocenters. The van der Waals surface area contributed by atoms with E-state index in [0.29, 0.717) is 47.2 Å². The van der Waals surface area contributed by atoms with E-state index in [1.54, 1.807) is 19.1 Å². The summed E-state index contributed by atoms with van der Waals surface area (Å²) in [7, 11) is 0. The molecule has 0 saturated heterocycles. The van der Waals surface area contributed by atoms with Crippen molar-refractivity contribution in [3.8, 4) is 23.3 Å². The summed E-state index contributed by atoms with van der Waals surface area (Å²) in [5.41, 5.74) is 3.27. The fourth-order valence-corrected chi connectivity index (χ4v) is 12.0. The first-order valence-corrected chi connectivity index (χ1v) is 22.5. The van der Waals surface area contributed by atoms with Crippen molar-refractivity contribution in [3.63, 3.8) is 0 Å². The number of rotatable bonds is 5. The largest absolute Gasteiger partial charge is 0.508 e. The third kappa shape index (κ3) is 8.30. The Bertz CT molecular complexity index is 2340. The average molecular weight is 844 g/mol. The molecule has 11 atom stereocenters. The van der Waals surface area contributed by atoms with Crippen LogP contribution in [0.15, 0.2) is 66.2 Å². The first kappa shape index (κ1) is 42.3. The topological polar surface area (TPSA) is 183 Å². The fourth-order valence-electron chi connectivity index (χ4n) is 12.0. The van der Waals surface area contributed by atoms with Crippen LogP contribution in [0.1, 0.15) is 110 Å². The molecule has 0 aromatic heterocycles. The lowest BCUT2D eigenvalue weighted by molar-refractivity contribution is -0.228. The highest BCUT2D eigenvalue weighted by Gasteiger charge is 2.62. The maximum Gasteiger partial charge on any atom is 0.334 e. The van der Waals surface area contributed by atoms with Gasteiger partial charge in [-0.25, -0.2) is 4.79 Å². The van der Waals surface area contributed by atoms with E-state index in [4.69, 9.17) is 9.47 Å². The van der Waals surface area contributed by atoms with Crippen molar-refractivity contribution in [3.05, 3.63) is 99.6 Å². The minimum atomic E-state index is -1.57. The van der Waals surface area contributed by atoms with Crippen molar-refractivity contribution in [2.45, 2.75) is 126 Å².